The highest BCUT2D eigenvalue weighted by molar-refractivity contribution is 5.69. The number of hydrogen-bond acceptors (Lipinski definition) is 6. The minimum Gasteiger partial charge on any atom is -0.433 e. The fourth-order valence-corrected chi connectivity index (χ4v) is 0.691. The lowest BCUT2D eigenvalue weighted by atomic mass is 10.3. The highest BCUT2D eigenvalue weighted by Crippen LogP contribution is 2.03. The normalized spacial score (nSPS) is 14.9. The largest absolute Gasteiger partial charge is 0.433 e. The van der Waals surface area contributed by atoms with Crippen LogP contribution in [0.5, 0.6) is 0 Å². The van der Waals surface area contributed by atoms with Crippen LogP contribution < -0.4 is 0 Å². The Labute approximate surface area is 82.1 Å². The monoisotopic (exact) mass is 208 g/mol. The van der Waals surface area contributed by atoms with Crippen molar-refractivity contribution >= 4 is 5.97 Å². The smallest absolute Gasteiger partial charge is 0.307 e. The van der Waals surface area contributed by atoms with Gasteiger partial charge in [-0.15, -0.1) is 0 Å². The summed E-state index contributed by atoms with van der Waals surface area (Å²) in [4.78, 5) is 10.8. The van der Waals surface area contributed by atoms with Crippen molar-refractivity contribution in [3.63, 3.8) is 0 Å². The Morgan fingerprint density at radius 1 is 1.43 bits per heavy atom. The van der Waals surface area contributed by atoms with E-state index in [0.29, 0.717) is 0 Å². The van der Waals surface area contributed by atoms with E-state index in [0.717, 1.165) is 0 Å². The number of aliphatic hydroxyl groups excluding tert-OH is 3. The summed E-state index contributed by atoms with van der Waals surface area (Å²) in [5, 5.41) is 26.2. The molecule has 0 amide bonds. The number of esters is 1. The van der Waals surface area contributed by atoms with Crippen LogP contribution in [0.25, 0.3) is 0 Å². The molecule has 0 rings (SSSR count). The van der Waals surface area contributed by atoms with Gasteiger partial charge in [-0.25, -0.2) is 0 Å². The number of carbonyl (C=O) groups is 1. The first-order valence-electron chi connectivity index (χ1n) is 4.36. The number of hydrogen-bond donors (Lipinski definition) is 3. The maximum atomic E-state index is 10.8. The number of carbonyl (C=O) groups excluding carboxylic acids is 1. The molecule has 2 unspecified atom stereocenters. The Kier molecular flexibility index (Phi) is 7.31. The molecular weight excluding hydrogens is 192 g/mol. The summed E-state index contributed by atoms with van der Waals surface area (Å²) in [6.45, 7) is 0.695. The van der Waals surface area contributed by atoms with Gasteiger partial charge in [-0.05, 0) is 0 Å². The molecule has 3 N–H and O–H groups in total. The van der Waals surface area contributed by atoms with Crippen LogP contribution in [-0.2, 0) is 14.3 Å². The Bertz CT molecular complexity index is 160. The molecule has 14 heavy (non-hydrogen) atoms. The van der Waals surface area contributed by atoms with Gasteiger partial charge in [-0.3, -0.25) is 4.79 Å². The third-order valence-electron chi connectivity index (χ3n) is 1.41. The summed E-state index contributed by atoms with van der Waals surface area (Å²) in [5.41, 5.74) is 0. The third kappa shape index (κ3) is 5.13. The van der Waals surface area contributed by atoms with E-state index in [9.17, 15) is 4.79 Å². The summed E-state index contributed by atoms with van der Waals surface area (Å²) in [6.07, 6.45) is -2.37. The second kappa shape index (κ2) is 7.69. The highest BCUT2D eigenvalue weighted by atomic mass is 16.7. The molecule has 0 spiro atoms. The molecule has 0 aromatic rings. The van der Waals surface area contributed by atoms with Crippen molar-refractivity contribution in [2.45, 2.75) is 25.7 Å². The Morgan fingerprint density at radius 2 is 2.07 bits per heavy atom. The van der Waals surface area contributed by atoms with Crippen LogP contribution in [0.15, 0.2) is 0 Å². The average molecular weight is 208 g/mol. The Balaban J connectivity index is 4.02. The van der Waals surface area contributed by atoms with E-state index in [1.807, 2.05) is 0 Å². The molecule has 0 aliphatic heterocycles. The topological polar surface area (TPSA) is 96.2 Å². The molecule has 2 atom stereocenters. The van der Waals surface area contributed by atoms with Gasteiger partial charge in [0.2, 0.25) is 6.29 Å². The lowest BCUT2D eigenvalue weighted by Crippen LogP contribution is -2.36. The van der Waals surface area contributed by atoms with E-state index in [1.54, 1.807) is 6.92 Å². The van der Waals surface area contributed by atoms with Gasteiger partial charge in [-0.1, -0.05) is 6.92 Å². The average Bonchev–Trinajstić information content (AvgIpc) is 2.22. The summed E-state index contributed by atoms with van der Waals surface area (Å²) in [7, 11) is 0. The Hall–Kier alpha value is -0.690. The minimum absolute atomic E-state index is 0.0707. The fourth-order valence-electron chi connectivity index (χ4n) is 0.691. The second-order valence-corrected chi connectivity index (χ2v) is 2.56. The zero-order valence-electron chi connectivity index (χ0n) is 8.05. The fraction of sp³-hybridized carbons (Fsp3) is 0.875. The van der Waals surface area contributed by atoms with Crippen molar-refractivity contribution in [2.75, 3.05) is 19.8 Å². The molecule has 0 aliphatic rings. The van der Waals surface area contributed by atoms with Crippen LogP contribution in [0.4, 0.5) is 0 Å². The third-order valence-corrected chi connectivity index (χ3v) is 1.41. The summed E-state index contributed by atoms with van der Waals surface area (Å²) < 4.78 is 9.49. The Morgan fingerprint density at radius 3 is 2.50 bits per heavy atom. The highest BCUT2D eigenvalue weighted by Gasteiger charge is 2.22. The van der Waals surface area contributed by atoms with Gasteiger partial charge in [0.25, 0.3) is 0 Å². The van der Waals surface area contributed by atoms with Crippen molar-refractivity contribution in [3.05, 3.63) is 0 Å². The maximum absolute atomic E-state index is 10.8. The quantitative estimate of drug-likeness (QED) is 0.353. The molecule has 0 heterocycles. The van der Waals surface area contributed by atoms with Crippen molar-refractivity contribution in [2.24, 2.45) is 0 Å². The van der Waals surface area contributed by atoms with E-state index in [1.165, 1.54) is 0 Å². The number of rotatable bonds is 7. The molecule has 0 radical (unpaired) electrons. The molecule has 0 fully saturated rings. The summed E-state index contributed by atoms with van der Waals surface area (Å²) >= 11 is 0. The van der Waals surface area contributed by atoms with Crippen LogP contribution in [0.2, 0.25) is 0 Å². The molecule has 0 aromatic carbocycles. The first kappa shape index (κ1) is 13.3. The zero-order chi connectivity index (χ0) is 11.0. The van der Waals surface area contributed by atoms with Crippen LogP contribution in [0, 0.1) is 0 Å². The molecule has 0 bridgehead atoms. The van der Waals surface area contributed by atoms with E-state index < -0.39 is 25.0 Å². The molecule has 0 aliphatic carbocycles. The lowest BCUT2D eigenvalue weighted by molar-refractivity contribution is -0.209. The summed E-state index contributed by atoms with van der Waals surface area (Å²) in [6, 6.07) is 0. The number of ether oxygens (including phenoxy) is 2. The van der Waals surface area contributed by atoms with Gasteiger partial charge >= 0.3 is 5.97 Å². The zero-order valence-corrected chi connectivity index (χ0v) is 8.05. The standard InChI is InChI=1S/C8H16O6/c1-2-7(12)14-8(6(11)5-10)13-4-3-9/h6,8-11H,2-5H2,1H3. The lowest BCUT2D eigenvalue weighted by Gasteiger charge is -2.21. The van der Waals surface area contributed by atoms with Gasteiger partial charge < -0.3 is 24.8 Å². The van der Waals surface area contributed by atoms with Crippen molar-refractivity contribution < 1.29 is 29.6 Å². The first-order valence-corrected chi connectivity index (χ1v) is 4.36. The predicted octanol–water partition coefficient (Wildman–Crippen LogP) is -1.37. The van der Waals surface area contributed by atoms with E-state index in [2.05, 4.69) is 4.74 Å². The van der Waals surface area contributed by atoms with E-state index >= 15 is 0 Å². The molecule has 84 valence electrons. The number of aliphatic hydroxyl groups is 3. The first-order chi connectivity index (χ1) is 6.65. The van der Waals surface area contributed by atoms with Gasteiger partial charge in [0.05, 0.1) is 19.8 Å². The van der Waals surface area contributed by atoms with Crippen LogP contribution >= 0.6 is 0 Å². The second-order valence-electron chi connectivity index (χ2n) is 2.56. The van der Waals surface area contributed by atoms with Crippen molar-refractivity contribution in [1.29, 1.82) is 0 Å². The van der Waals surface area contributed by atoms with Crippen LogP contribution in [-0.4, -0.2) is 53.5 Å². The molecule has 6 nitrogen and oxygen atoms in total. The van der Waals surface area contributed by atoms with Gasteiger partial charge in [-0.2, -0.15) is 0 Å². The van der Waals surface area contributed by atoms with Gasteiger partial charge in [0.1, 0.15) is 6.10 Å². The van der Waals surface area contributed by atoms with Crippen LogP contribution in [0.1, 0.15) is 13.3 Å². The molecule has 0 aromatic heterocycles. The van der Waals surface area contributed by atoms with Gasteiger partial charge in [0.15, 0.2) is 0 Å². The molecule has 6 heteroatoms. The molecular formula is C8H16O6. The summed E-state index contributed by atoms with van der Waals surface area (Å²) in [5.74, 6) is -0.541. The molecule has 0 saturated carbocycles. The molecule has 0 saturated heterocycles. The van der Waals surface area contributed by atoms with Crippen molar-refractivity contribution in [3.8, 4) is 0 Å². The minimum atomic E-state index is -1.29. The van der Waals surface area contributed by atoms with Gasteiger partial charge in [0, 0.05) is 6.42 Å². The SMILES string of the molecule is CCC(=O)OC(OCCO)C(O)CO. The van der Waals surface area contributed by atoms with Crippen molar-refractivity contribution in [1.82, 2.24) is 0 Å². The van der Waals surface area contributed by atoms with E-state index in [4.69, 9.17) is 20.1 Å². The van der Waals surface area contributed by atoms with E-state index in [-0.39, 0.29) is 19.6 Å². The predicted molar refractivity (Wildman–Crippen MR) is 46.3 cm³/mol. The maximum Gasteiger partial charge on any atom is 0.307 e. The van der Waals surface area contributed by atoms with Crippen LogP contribution in [0.3, 0.4) is 0 Å².